The fourth-order valence-electron chi connectivity index (χ4n) is 4.66. The van der Waals surface area contributed by atoms with E-state index in [4.69, 9.17) is 13.8 Å². The van der Waals surface area contributed by atoms with E-state index in [-0.39, 0.29) is 5.75 Å². The topological polar surface area (TPSA) is 68.9 Å². The van der Waals surface area contributed by atoms with Crippen LogP contribution < -0.4 is 18.4 Å². The lowest BCUT2D eigenvalue weighted by Crippen LogP contribution is -2.30. The van der Waals surface area contributed by atoms with Gasteiger partial charge in [0.1, 0.15) is 17.2 Å². The van der Waals surface area contributed by atoms with Crippen LogP contribution in [0.15, 0.2) is 65.6 Å². The largest absolute Gasteiger partial charge is 0.584 e. The summed E-state index contributed by atoms with van der Waals surface area (Å²) in [6.45, 7) is 3.41. The van der Waals surface area contributed by atoms with Crippen molar-refractivity contribution in [1.82, 2.24) is 0 Å². The van der Waals surface area contributed by atoms with Crippen LogP contribution in [0.5, 0.6) is 17.2 Å². The van der Waals surface area contributed by atoms with Gasteiger partial charge in [0, 0.05) is 6.07 Å². The first kappa shape index (κ1) is 32.2. The van der Waals surface area contributed by atoms with Crippen LogP contribution in [0.4, 0.5) is 0 Å². The number of ether oxygens (including phenoxy) is 1. The summed E-state index contributed by atoms with van der Waals surface area (Å²) in [6.07, 6.45) is 20.4. The third-order valence-corrected chi connectivity index (χ3v) is 8.40. The maximum absolute atomic E-state index is 12.8. The second-order valence-electron chi connectivity index (χ2n) is 10.4. The molecule has 0 spiro atoms. The van der Waals surface area contributed by atoms with Crippen molar-refractivity contribution in [3.05, 3.63) is 71.2 Å². The van der Waals surface area contributed by atoms with Crippen LogP contribution in [0.25, 0.3) is 0 Å². The quantitative estimate of drug-likeness (QED) is 0.0719. The molecular formula is C32H47NO5PS+. The molecule has 0 saturated carbocycles. The van der Waals surface area contributed by atoms with Gasteiger partial charge in [0.25, 0.3) is 0 Å². The third kappa shape index (κ3) is 13.3. The van der Waals surface area contributed by atoms with E-state index in [0.717, 1.165) is 18.4 Å². The summed E-state index contributed by atoms with van der Waals surface area (Å²) in [5.41, 5.74) is 2.75. The number of unbranched alkanes of at least 4 members (excludes halogenated alkanes) is 13. The highest BCUT2D eigenvalue weighted by atomic mass is 32.1. The maximum atomic E-state index is 12.8. The summed E-state index contributed by atoms with van der Waals surface area (Å²) in [5.74, 6) is 1.16. The molecule has 0 aliphatic heterocycles. The minimum absolute atomic E-state index is 0.231. The van der Waals surface area contributed by atoms with Crippen molar-refractivity contribution in [2.45, 2.75) is 103 Å². The maximum Gasteiger partial charge on any atom is 0.584 e. The van der Waals surface area contributed by atoms with Crippen LogP contribution in [-0.4, -0.2) is 11.5 Å². The van der Waals surface area contributed by atoms with Gasteiger partial charge in [-0.1, -0.05) is 120 Å². The molecule has 3 rings (SSSR count). The van der Waals surface area contributed by atoms with Crippen molar-refractivity contribution in [2.24, 2.45) is 0 Å². The standard InChI is InChI=1S/C32H46NO5PS/c1-2-3-4-5-6-7-8-9-10-11-12-13-14-17-24-36-30-20-18-21-31(26-30)37-39(34,35)38-32-22-16-15-19-29(32)27-33-23-25-40-28-33/h15-16,18-23,25-26,28H,2-14,17,24,27H2,1H3/p+1. The van der Waals surface area contributed by atoms with Crippen molar-refractivity contribution in [1.29, 1.82) is 0 Å². The average molecular weight is 589 g/mol. The van der Waals surface area contributed by atoms with Gasteiger partial charge in [-0.2, -0.15) is 4.57 Å². The molecule has 0 amide bonds. The average Bonchev–Trinajstić information content (AvgIpc) is 3.45. The minimum Gasteiger partial charge on any atom is -0.493 e. The molecule has 1 aromatic heterocycles. The van der Waals surface area contributed by atoms with Gasteiger partial charge in [-0.05, 0) is 30.7 Å². The van der Waals surface area contributed by atoms with Gasteiger partial charge >= 0.3 is 7.82 Å². The Morgan fingerprint density at radius 2 is 1.40 bits per heavy atom. The Morgan fingerprint density at radius 3 is 2.05 bits per heavy atom. The summed E-state index contributed by atoms with van der Waals surface area (Å²) in [4.78, 5) is 10.4. The molecule has 0 bridgehead atoms. The number of phosphoric acid groups is 1. The van der Waals surface area contributed by atoms with Gasteiger partial charge in [0.05, 0.1) is 17.6 Å². The molecule has 1 heterocycles. The molecule has 6 nitrogen and oxygen atoms in total. The van der Waals surface area contributed by atoms with Gasteiger partial charge in [0.2, 0.25) is 5.51 Å². The van der Waals surface area contributed by atoms with E-state index in [1.807, 2.05) is 39.9 Å². The summed E-state index contributed by atoms with van der Waals surface area (Å²) in [6, 6.07) is 14.0. The third-order valence-electron chi connectivity index (χ3n) is 6.86. The molecule has 0 aliphatic carbocycles. The van der Waals surface area contributed by atoms with E-state index < -0.39 is 7.82 Å². The summed E-state index contributed by atoms with van der Waals surface area (Å²) in [7, 11) is -4.40. The second-order valence-corrected chi connectivity index (χ2v) is 12.4. The fraction of sp³-hybridized carbons (Fsp3) is 0.531. The van der Waals surface area contributed by atoms with Crippen molar-refractivity contribution < 1.29 is 27.8 Å². The van der Waals surface area contributed by atoms with Gasteiger partial charge in [-0.25, -0.2) is 4.57 Å². The monoisotopic (exact) mass is 588 g/mol. The minimum atomic E-state index is -4.40. The molecule has 220 valence electrons. The van der Waals surface area contributed by atoms with Gasteiger partial charge in [0.15, 0.2) is 12.7 Å². The number of aromatic nitrogens is 1. The number of para-hydroxylation sites is 1. The molecule has 0 aliphatic rings. The Labute approximate surface area is 245 Å². The first-order chi connectivity index (χ1) is 19.6. The van der Waals surface area contributed by atoms with Crippen LogP contribution >= 0.6 is 19.2 Å². The smallest absolute Gasteiger partial charge is 0.493 e. The summed E-state index contributed by atoms with van der Waals surface area (Å²) >= 11 is 1.58. The number of benzene rings is 2. The number of nitrogens with zero attached hydrogens (tertiary/aromatic N) is 1. The Morgan fingerprint density at radius 1 is 0.775 bits per heavy atom. The van der Waals surface area contributed by atoms with Crippen LogP contribution in [0.3, 0.4) is 0 Å². The molecule has 8 heteroatoms. The molecule has 1 atom stereocenters. The van der Waals surface area contributed by atoms with E-state index in [1.165, 1.54) is 77.0 Å². The predicted octanol–water partition coefficient (Wildman–Crippen LogP) is 9.50. The lowest BCUT2D eigenvalue weighted by molar-refractivity contribution is -0.683. The Bertz CT molecular complexity index is 1120. The lowest BCUT2D eigenvalue weighted by atomic mass is 10.0. The van der Waals surface area contributed by atoms with Crippen LogP contribution in [0.2, 0.25) is 0 Å². The zero-order valence-electron chi connectivity index (χ0n) is 24.0. The van der Waals surface area contributed by atoms with Crippen molar-refractivity contribution in [2.75, 3.05) is 6.61 Å². The molecule has 3 aromatic rings. The lowest BCUT2D eigenvalue weighted by Gasteiger charge is -2.16. The van der Waals surface area contributed by atoms with E-state index in [0.29, 0.717) is 24.7 Å². The molecule has 40 heavy (non-hydrogen) atoms. The first-order valence-corrected chi connectivity index (χ1v) is 17.4. The summed E-state index contributed by atoms with van der Waals surface area (Å²) < 4.78 is 31.5. The van der Waals surface area contributed by atoms with Gasteiger partial charge in [-0.15, -0.1) is 0 Å². The highest BCUT2D eigenvalue weighted by molar-refractivity contribution is 7.48. The molecule has 0 radical (unpaired) electrons. The molecular weight excluding hydrogens is 541 g/mol. The zero-order chi connectivity index (χ0) is 28.3. The predicted molar refractivity (Wildman–Crippen MR) is 163 cm³/mol. The first-order valence-electron chi connectivity index (χ1n) is 15.0. The Kier molecular flexibility index (Phi) is 15.2. The van der Waals surface area contributed by atoms with E-state index in [2.05, 4.69) is 6.92 Å². The number of thiazole rings is 1. The van der Waals surface area contributed by atoms with Crippen LogP contribution in [0.1, 0.15) is 102 Å². The van der Waals surface area contributed by atoms with Crippen molar-refractivity contribution in [3.8, 4) is 17.2 Å². The highest BCUT2D eigenvalue weighted by Gasteiger charge is 2.27. The molecule has 0 saturated heterocycles. The number of phosphoric ester groups is 1. The number of rotatable bonds is 22. The van der Waals surface area contributed by atoms with Gasteiger partial charge < -0.3 is 13.8 Å². The SMILES string of the molecule is CCCCCCCCCCCCCCCCOc1cccc(OP(=O)(O)Oc2ccccc2C[n+]2ccsc2)c1. The highest BCUT2D eigenvalue weighted by Crippen LogP contribution is 2.45. The van der Waals surface area contributed by atoms with E-state index in [1.54, 1.807) is 41.7 Å². The van der Waals surface area contributed by atoms with E-state index >= 15 is 0 Å². The normalized spacial score (nSPS) is 12.7. The van der Waals surface area contributed by atoms with Crippen molar-refractivity contribution >= 4 is 19.2 Å². The van der Waals surface area contributed by atoms with Crippen LogP contribution in [0, 0.1) is 0 Å². The Hall–Kier alpha value is -2.34. The van der Waals surface area contributed by atoms with Crippen LogP contribution in [-0.2, 0) is 11.1 Å². The summed E-state index contributed by atoms with van der Waals surface area (Å²) in [5, 5.41) is 1.97. The molecule has 1 unspecified atom stereocenters. The number of hydrogen-bond acceptors (Lipinski definition) is 5. The fourth-order valence-corrected chi connectivity index (χ4v) is 6.10. The molecule has 0 fully saturated rings. The van der Waals surface area contributed by atoms with Crippen molar-refractivity contribution in [3.63, 3.8) is 0 Å². The zero-order valence-corrected chi connectivity index (χ0v) is 25.8. The van der Waals surface area contributed by atoms with E-state index in [9.17, 15) is 9.46 Å². The Balaban J connectivity index is 1.29. The van der Waals surface area contributed by atoms with Gasteiger partial charge in [-0.3, -0.25) is 4.89 Å². The molecule has 2 aromatic carbocycles. The number of hydrogen-bond donors (Lipinski definition) is 1. The molecule has 1 N–H and O–H groups in total. The second kappa shape index (κ2) is 18.9.